The first-order valence-corrected chi connectivity index (χ1v) is 9.75. The molecule has 8 nitrogen and oxygen atoms in total. The number of thioether (sulfide) groups is 1. The summed E-state index contributed by atoms with van der Waals surface area (Å²) in [6.07, 6.45) is 3.23. The van der Waals surface area contributed by atoms with Crippen LogP contribution in [0.3, 0.4) is 0 Å². The topological polar surface area (TPSA) is 114 Å². The highest BCUT2D eigenvalue weighted by Crippen LogP contribution is 2.25. The van der Waals surface area contributed by atoms with Gasteiger partial charge in [0.1, 0.15) is 5.56 Å². The molecule has 0 fully saturated rings. The maximum Gasteiger partial charge on any atom is 0.291 e. The van der Waals surface area contributed by atoms with Crippen molar-refractivity contribution in [3.8, 4) is 0 Å². The maximum absolute atomic E-state index is 12.5. The van der Waals surface area contributed by atoms with Crippen LogP contribution >= 0.6 is 11.8 Å². The number of anilines is 1. The average molecular weight is 411 g/mol. The van der Waals surface area contributed by atoms with E-state index in [1.807, 2.05) is 6.26 Å². The van der Waals surface area contributed by atoms with Gasteiger partial charge in [0.05, 0.1) is 11.2 Å². The lowest BCUT2D eigenvalue weighted by atomic mass is 10.1. The van der Waals surface area contributed by atoms with Crippen LogP contribution in [-0.2, 0) is 6.54 Å². The number of nitrogens with zero attached hydrogens (tertiary/aromatic N) is 1. The molecule has 1 aromatic heterocycles. The van der Waals surface area contributed by atoms with E-state index in [9.17, 15) is 19.7 Å². The zero-order chi connectivity index (χ0) is 20.8. The number of furan rings is 1. The number of hydrogen-bond donors (Lipinski definition) is 2. The summed E-state index contributed by atoms with van der Waals surface area (Å²) in [5, 5.41) is 16.6. The first-order chi connectivity index (χ1) is 14.0. The van der Waals surface area contributed by atoms with Crippen molar-refractivity contribution >= 4 is 35.0 Å². The summed E-state index contributed by atoms with van der Waals surface area (Å²) < 4.78 is 5.05. The first-order valence-electron chi connectivity index (χ1n) is 8.52. The van der Waals surface area contributed by atoms with Gasteiger partial charge in [-0.3, -0.25) is 19.7 Å². The number of rotatable bonds is 7. The van der Waals surface area contributed by atoms with E-state index in [0.717, 1.165) is 10.5 Å². The average Bonchev–Trinajstić information content (AvgIpc) is 3.27. The molecule has 0 aliphatic rings. The van der Waals surface area contributed by atoms with Crippen molar-refractivity contribution in [1.29, 1.82) is 0 Å². The molecule has 0 spiro atoms. The number of nitro benzene ring substituents is 1. The molecule has 2 aromatic carbocycles. The van der Waals surface area contributed by atoms with E-state index >= 15 is 0 Å². The molecule has 1 heterocycles. The summed E-state index contributed by atoms with van der Waals surface area (Å²) in [5.74, 6) is -0.747. The van der Waals surface area contributed by atoms with Gasteiger partial charge >= 0.3 is 0 Å². The molecule has 148 valence electrons. The van der Waals surface area contributed by atoms with Gasteiger partial charge in [-0.05, 0) is 48.2 Å². The van der Waals surface area contributed by atoms with E-state index < -0.39 is 10.8 Å². The van der Waals surface area contributed by atoms with Gasteiger partial charge in [-0.15, -0.1) is 11.8 Å². The molecular weight excluding hydrogens is 394 g/mol. The van der Waals surface area contributed by atoms with Crippen LogP contribution < -0.4 is 10.6 Å². The molecule has 0 radical (unpaired) electrons. The summed E-state index contributed by atoms with van der Waals surface area (Å²) in [5.41, 5.74) is 1.01. The third kappa shape index (κ3) is 5.02. The van der Waals surface area contributed by atoms with Crippen LogP contribution in [0.25, 0.3) is 0 Å². The minimum atomic E-state index is -0.580. The van der Waals surface area contributed by atoms with Crippen LogP contribution in [0.4, 0.5) is 11.4 Å². The number of amides is 2. The molecule has 3 rings (SSSR count). The Morgan fingerprint density at radius 2 is 1.93 bits per heavy atom. The second kappa shape index (κ2) is 9.07. The Morgan fingerprint density at radius 3 is 2.62 bits per heavy atom. The van der Waals surface area contributed by atoms with Crippen LogP contribution in [0.5, 0.6) is 0 Å². The maximum atomic E-state index is 12.5. The molecule has 2 N–H and O–H groups in total. The van der Waals surface area contributed by atoms with Crippen LogP contribution in [0.2, 0.25) is 0 Å². The highest BCUT2D eigenvalue weighted by Gasteiger charge is 2.20. The monoisotopic (exact) mass is 411 g/mol. The van der Waals surface area contributed by atoms with E-state index in [0.29, 0.717) is 5.69 Å². The van der Waals surface area contributed by atoms with Crippen LogP contribution in [0.15, 0.2) is 70.2 Å². The van der Waals surface area contributed by atoms with Crippen molar-refractivity contribution in [2.24, 2.45) is 0 Å². The summed E-state index contributed by atoms with van der Waals surface area (Å²) in [6.45, 7) is 0.143. The Morgan fingerprint density at radius 1 is 1.10 bits per heavy atom. The fourth-order valence-corrected chi connectivity index (χ4v) is 3.06. The van der Waals surface area contributed by atoms with Crippen molar-refractivity contribution in [2.45, 2.75) is 11.4 Å². The highest BCUT2D eigenvalue weighted by atomic mass is 32.2. The molecule has 0 bridgehead atoms. The molecule has 0 aliphatic carbocycles. The Hall–Kier alpha value is -3.59. The van der Waals surface area contributed by atoms with Gasteiger partial charge in [0, 0.05) is 23.2 Å². The minimum Gasteiger partial charge on any atom is -0.459 e. The van der Waals surface area contributed by atoms with E-state index in [1.165, 1.54) is 30.2 Å². The molecule has 0 atom stereocenters. The van der Waals surface area contributed by atoms with Gasteiger partial charge in [0.2, 0.25) is 0 Å². The largest absolute Gasteiger partial charge is 0.459 e. The van der Waals surface area contributed by atoms with Gasteiger partial charge in [-0.2, -0.15) is 0 Å². The minimum absolute atomic E-state index is 0.00382. The van der Waals surface area contributed by atoms with Gasteiger partial charge in [-0.1, -0.05) is 12.1 Å². The standard InChI is InChI=1S/C20H17N3O5S/c1-29-15-7-8-17(23(26)27)16(11-15)19(24)21-12-13-4-2-5-14(10-13)22-20(25)18-6-3-9-28-18/h2-11H,12H2,1H3,(H,21,24)(H,22,25). The normalized spacial score (nSPS) is 10.4. The van der Waals surface area contributed by atoms with Gasteiger partial charge in [0.15, 0.2) is 5.76 Å². The molecule has 0 saturated heterocycles. The summed E-state index contributed by atoms with van der Waals surface area (Å²) in [6, 6.07) is 14.5. The van der Waals surface area contributed by atoms with Gasteiger partial charge < -0.3 is 15.1 Å². The summed E-state index contributed by atoms with van der Waals surface area (Å²) in [7, 11) is 0. The molecule has 29 heavy (non-hydrogen) atoms. The number of nitrogens with one attached hydrogen (secondary N) is 2. The Balaban J connectivity index is 1.69. The second-order valence-electron chi connectivity index (χ2n) is 5.95. The number of nitro groups is 1. The molecule has 0 unspecified atom stereocenters. The predicted octanol–water partition coefficient (Wildman–Crippen LogP) is 4.09. The Labute approximate surface area is 170 Å². The Bertz CT molecular complexity index is 1050. The van der Waals surface area contributed by atoms with Crippen molar-refractivity contribution in [3.63, 3.8) is 0 Å². The number of benzene rings is 2. The number of carbonyl (C=O) groups is 2. The lowest BCUT2D eigenvalue weighted by Crippen LogP contribution is -2.24. The fraction of sp³-hybridized carbons (Fsp3) is 0.100. The number of carbonyl (C=O) groups excluding carboxylic acids is 2. The zero-order valence-electron chi connectivity index (χ0n) is 15.4. The van der Waals surface area contributed by atoms with Crippen LogP contribution in [0.1, 0.15) is 26.5 Å². The number of hydrogen-bond acceptors (Lipinski definition) is 6. The van der Waals surface area contributed by atoms with Gasteiger partial charge in [0.25, 0.3) is 17.5 Å². The molecule has 3 aromatic rings. The summed E-state index contributed by atoms with van der Waals surface area (Å²) >= 11 is 1.39. The third-order valence-electron chi connectivity index (χ3n) is 4.03. The van der Waals surface area contributed by atoms with E-state index in [-0.39, 0.29) is 29.5 Å². The Kier molecular flexibility index (Phi) is 6.30. The van der Waals surface area contributed by atoms with Gasteiger partial charge in [-0.25, -0.2) is 0 Å². The molecule has 9 heteroatoms. The van der Waals surface area contributed by atoms with E-state index in [1.54, 1.807) is 42.5 Å². The molecule has 0 aliphatic heterocycles. The third-order valence-corrected chi connectivity index (χ3v) is 4.75. The van der Waals surface area contributed by atoms with Crippen LogP contribution in [0, 0.1) is 10.1 Å². The SMILES string of the molecule is CSc1ccc([N+](=O)[O-])c(C(=O)NCc2cccc(NC(=O)c3ccco3)c2)c1. The van der Waals surface area contributed by atoms with Crippen molar-refractivity contribution < 1.29 is 18.9 Å². The molecule has 0 saturated carbocycles. The lowest BCUT2D eigenvalue weighted by molar-refractivity contribution is -0.385. The first kappa shape index (κ1) is 20.2. The highest BCUT2D eigenvalue weighted by molar-refractivity contribution is 7.98. The zero-order valence-corrected chi connectivity index (χ0v) is 16.2. The smallest absolute Gasteiger partial charge is 0.291 e. The van der Waals surface area contributed by atoms with E-state index in [2.05, 4.69) is 10.6 Å². The quantitative estimate of drug-likeness (QED) is 0.344. The van der Waals surface area contributed by atoms with Crippen molar-refractivity contribution in [2.75, 3.05) is 11.6 Å². The second-order valence-corrected chi connectivity index (χ2v) is 6.83. The fourth-order valence-electron chi connectivity index (χ4n) is 2.62. The lowest BCUT2D eigenvalue weighted by Gasteiger charge is -2.09. The van der Waals surface area contributed by atoms with E-state index in [4.69, 9.17) is 4.42 Å². The summed E-state index contributed by atoms with van der Waals surface area (Å²) in [4.78, 5) is 36.0. The molecular formula is C20H17N3O5S. The van der Waals surface area contributed by atoms with Crippen molar-refractivity contribution in [3.05, 3.63) is 87.9 Å². The van der Waals surface area contributed by atoms with Crippen LogP contribution in [-0.4, -0.2) is 23.0 Å². The molecule has 2 amide bonds. The van der Waals surface area contributed by atoms with Crippen molar-refractivity contribution in [1.82, 2.24) is 5.32 Å². The predicted molar refractivity (Wildman–Crippen MR) is 109 cm³/mol.